The number of hydrogen-bond acceptors (Lipinski definition) is 5. The van der Waals surface area contributed by atoms with Crippen molar-refractivity contribution in [1.29, 1.82) is 0 Å². The lowest BCUT2D eigenvalue weighted by atomic mass is 10.1. The van der Waals surface area contributed by atoms with Crippen LogP contribution in [0.1, 0.15) is 26.2 Å². The molecule has 0 radical (unpaired) electrons. The molecule has 6 heteroatoms. The fourth-order valence-electron chi connectivity index (χ4n) is 2.80. The lowest BCUT2D eigenvalue weighted by Crippen LogP contribution is -2.35. The van der Waals surface area contributed by atoms with Gasteiger partial charge in [0.25, 0.3) is 5.69 Å². The van der Waals surface area contributed by atoms with Crippen molar-refractivity contribution in [2.45, 2.75) is 38.3 Å². The fraction of sp³-hybridized carbons (Fsp3) is 0.600. The molecular weight excluding hydrogens is 272 g/mol. The summed E-state index contributed by atoms with van der Waals surface area (Å²) in [6.07, 6.45) is 2.82. The van der Waals surface area contributed by atoms with Gasteiger partial charge in [0.1, 0.15) is 12.4 Å². The Labute approximate surface area is 124 Å². The molecule has 2 unspecified atom stereocenters. The van der Waals surface area contributed by atoms with Crippen LogP contribution in [0.25, 0.3) is 0 Å². The molecule has 1 N–H and O–H groups in total. The fourth-order valence-corrected chi connectivity index (χ4v) is 2.80. The van der Waals surface area contributed by atoms with E-state index in [9.17, 15) is 15.2 Å². The summed E-state index contributed by atoms with van der Waals surface area (Å²) in [7, 11) is 0. The van der Waals surface area contributed by atoms with Crippen molar-refractivity contribution >= 4 is 5.69 Å². The van der Waals surface area contributed by atoms with Crippen molar-refractivity contribution in [3.05, 3.63) is 34.4 Å². The Bertz CT molecular complexity index is 461. The normalized spacial score (nSPS) is 20.4. The quantitative estimate of drug-likeness (QED) is 0.616. The topological polar surface area (TPSA) is 75.8 Å². The molecule has 1 aliphatic heterocycles. The maximum Gasteiger partial charge on any atom is 0.269 e. The average molecular weight is 294 g/mol. The molecule has 1 aromatic rings. The van der Waals surface area contributed by atoms with Crippen LogP contribution in [0.2, 0.25) is 0 Å². The molecule has 0 spiro atoms. The van der Waals surface area contributed by atoms with Crippen LogP contribution in [0.4, 0.5) is 5.69 Å². The van der Waals surface area contributed by atoms with Crippen LogP contribution in [-0.4, -0.2) is 46.8 Å². The molecule has 2 rings (SSSR count). The molecule has 0 aliphatic carbocycles. The highest BCUT2D eigenvalue weighted by Crippen LogP contribution is 2.21. The number of non-ortho nitro benzene ring substituents is 1. The largest absolute Gasteiger partial charge is 0.492 e. The molecule has 0 aromatic heterocycles. The third kappa shape index (κ3) is 4.68. The summed E-state index contributed by atoms with van der Waals surface area (Å²) >= 11 is 0. The van der Waals surface area contributed by atoms with E-state index in [0.29, 0.717) is 18.4 Å². The van der Waals surface area contributed by atoms with E-state index >= 15 is 0 Å². The van der Waals surface area contributed by atoms with Gasteiger partial charge in [-0.25, -0.2) is 0 Å². The smallest absolute Gasteiger partial charge is 0.269 e. The van der Waals surface area contributed by atoms with E-state index in [1.807, 2.05) is 6.92 Å². The molecule has 1 heterocycles. The average Bonchev–Trinajstić information content (AvgIpc) is 2.86. The zero-order valence-corrected chi connectivity index (χ0v) is 12.3. The molecule has 0 bridgehead atoms. The Balaban J connectivity index is 1.77. The van der Waals surface area contributed by atoms with Gasteiger partial charge in [-0.15, -0.1) is 0 Å². The molecule has 1 fully saturated rings. The first-order chi connectivity index (χ1) is 10.1. The van der Waals surface area contributed by atoms with Crippen molar-refractivity contribution in [3.8, 4) is 5.75 Å². The van der Waals surface area contributed by atoms with E-state index in [0.717, 1.165) is 32.4 Å². The summed E-state index contributed by atoms with van der Waals surface area (Å²) in [4.78, 5) is 12.5. The number of benzene rings is 1. The number of likely N-dealkylation sites (tertiary alicyclic amines) is 1. The Kier molecular flexibility index (Phi) is 5.52. The van der Waals surface area contributed by atoms with Crippen LogP contribution < -0.4 is 4.74 Å². The van der Waals surface area contributed by atoms with E-state index in [1.54, 1.807) is 12.1 Å². The van der Waals surface area contributed by atoms with E-state index in [2.05, 4.69) is 4.90 Å². The molecule has 1 aromatic carbocycles. The predicted molar refractivity (Wildman–Crippen MR) is 79.5 cm³/mol. The Morgan fingerprint density at radius 1 is 1.48 bits per heavy atom. The number of ether oxygens (including phenoxy) is 1. The molecule has 6 nitrogen and oxygen atoms in total. The van der Waals surface area contributed by atoms with Crippen molar-refractivity contribution in [2.75, 3.05) is 19.7 Å². The van der Waals surface area contributed by atoms with Crippen LogP contribution in [0.15, 0.2) is 24.3 Å². The second-order valence-corrected chi connectivity index (χ2v) is 5.52. The summed E-state index contributed by atoms with van der Waals surface area (Å²) < 4.78 is 5.63. The van der Waals surface area contributed by atoms with Crippen molar-refractivity contribution < 1.29 is 14.8 Å². The number of rotatable bonds is 7. The van der Waals surface area contributed by atoms with Gasteiger partial charge in [0.2, 0.25) is 0 Å². The molecule has 1 aliphatic rings. The third-order valence-electron chi connectivity index (χ3n) is 3.81. The number of nitro benzene ring substituents is 1. The highest BCUT2D eigenvalue weighted by atomic mass is 16.6. The number of aliphatic hydroxyl groups is 1. The van der Waals surface area contributed by atoms with Crippen molar-refractivity contribution in [2.24, 2.45) is 0 Å². The molecule has 1 saturated heterocycles. The Hall–Kier alpha value is -1.66. The van der Waals surface area contributed by atoms with Crippen molar-refractivity contribution in [1.82, 2.24) is 4.90 Å². The molecule has 0 amide bonds. The van der Waals surface area contributed by atoms with Crippen LogP contribution in [0.3, 0.4) is 0 Å². The minimum Gasteiger partial charge on any atom is -0.492 e. The van der Waals surface area contributed by atoms with Crippen LogP contribution in [-0.2, 0) is 0 Å². The van der Waals surface area contributed by atoms with E-state index in [4.69, 9.17) is 4.74 Å². The standard InChI is InChI=1S/C15H22N2O4/c1-12(18)11-14-3-2-8-16(14)9-10-21-15-6-4-13(5-7-15)17(19)20/h4-7,12,14,18H,2-3,8-11H2,1H3. The van der Waals surface area contributed by atoms with Crippen LogP contribution in [0.5, 0.6) is 5.75 Å². The first-order valence-electron chi connectivity index (χ1n) is 7.35. The van der Waals surface area contributed by atoms with Gasteiger partial charge < -0.3 is 9.84 Å². The molecule has 116 valence electrons. The van der Waals surface area contributed by atoms with Crippen LogP contribution in [0, 0.1) is 10.1 Å². The number of nitrogens with zero attached hydrogens (tertiary/aromatic N) is 2. The minimum absolute atomic E-state index is 0.0684. The summed E-state index contributed by atoms with van der Waals surface area (Å²) in [6, 6.07) is 6.57. The highest BCUT2D eigenvalue weighted by molar-refractivity contribution is 5.35. The van der Waals surface area contributed by atoms with E-state index in [1.165, 1.54) is 12.1 Å². The maximum absolute atomic E-state index is 10.6. The lowest BCUT2D eigenvalue weighted by molar-refractivity contribution is -0.384. The molecule has 21 heavy (non-hydrogen) atoms. The summed E-state index contributed by atoms with van der Waals surface area (Å²) in [6.45, 7) is 4.23. The van der Waals surface area contributed by atoms with E-state index < -0.39 is 4.92 Å². The lowest BCUT2D eigenvalue weighted by Gasteiger charge is -2.25. The zero-order valence-electron chi connectivity index (χ0n) is 12.3. The second kappa shape index (κ2) is 7.38. The van der Waals surface area contributed by atoms with Gasteiger partial charge >= 0.3 is 0 Å². The van der Waals surface area contributed by atoms with Gasteiger partial charge in [-0.2, -0.15) is 0 Å². The number of aliphatic hydroxyl groups excluding tert-OH is 1. The second-order valence-electron chi connectivity index (χ2n) is 5.52. The maximum atomic E-state index is 10.6. The molecular formula is C15H22N2O4. The third-order valence-corrected chi connectivity index (χ3v) is 3.81. The summed E-state index contributed by atoms with van der Waals surface area (Å²) in [5, 5.41) is 20.1. The SMILES string of the molecule is CC(O)CC1CCCN1CCOc1ccc([N+](=O)[O-])cc1. The predicted octanol–water partition coefficient (Wildman–Crippen LogP) is 2.21. The van der Waals surface area contributed by atoms with Gasteiger partial charge in [0.15, 0.2) is 0 Å². The first kappa shape index (κ1) is 15.7. The van der Waals surface area contributed by atoms with Gasteiger partial charge in [0, 0.05) is 24.7 Å². The van der Waals surface area contributed by atoms with Gasteiger partial charge in [0.05, 0.1) is 11.0 Å². The Morgan fingerprint density at radius 2 is 2.19 bits per heavy atom. The summed E-state index contributed by atoms with van der Waals surface area (Å²) in [5.41, 5.74) is 0.0684. The summed E-state index contributed by atoms with van der Waals surface area (Å²) in [5.74, 6) is 0.645. The van der Waals surface area contributed by atoms with Gasteiger partial charge in [-0.3, -0.25) is 15.0 Å². The van der Waals surface area contributed by atoms with Gasteiger partial charge in [-0.1, -0.05) is 0 Å². The molecule has 2 atom stereocenters. The first-order valence-corrected chi connectivity index (χ1v) is 7.35. The highest BCUT2D eigenvalue weighted by Gasteiger charge is 2.25. The number of nitro groups is 1. The van der Waals surface area contributed by atoms with Crippen LogP contribution >= 0.6 is 0 Å². The molecule has 0 saturated carbocycles. The monoisotopic (exact) mass is 294 g/mol. The van der Waals surface area contributed by atoms with E-state index in [-0.39, 0.29) is 11.8 Å². The number of hydrogen-bond donors (Lipinski definition) is 1. The van der Waals surface area contributed by atoms with Crippen molar-refractivity contribution in [3.63, 3.8) is 0 Å². The van der Waals surface area contributed by atoms with Gasteiger partial charge in [-0.05, 0) is 44.9 Å². The zero-order chi connectivity index (χ0) is 15.2. The Morgan fingerprint density at radius 3 is 2.81 bits per heavy atom. The minimum atomic E-state index is -0.422.